The molecule has 0 spiro atoms. The number of carbonyl (C=O) groups is 3. The minimum absolute atomic E-state index is 0.160. The van der Waals surface area contributed by atoms with Crippen molar-refractivity contribution in [3.63, 3.8) is 0 Å². The van der Waals surface area contributed by atoms with Crippen LogP contribution in [-0.4, -0.2) is 74.6 Å². The molecule has 3 rings (SSSR count). The van der Waals surface area contributed by atoms with Crippen molar-refractivity contribution in [1.82, 2.24) is 25.1 Å². The SMILES string of the molecule is CN1C(=O)NC(=O)/C1=C/c1ccnc(N2CCC(N(C(=O)O)C(C)(C)C)C2)n1. The molecule has 2 aliphatic heterocycles. The molecule has 10 nitrogen and oxygen atoms in total. The number of imide groups is 1. The van der Waals surface area contributed by atoms with Gasteiger partial charge in [0.2, 0.25) is 5.95 Å². The van der Waals surface area contributed by atoms with Crippen LogP contribution in [0, 0.1) is 0 Å². The van der Waals surface area contributed by atoms with Gasteiger partial charge in [0, 0.05) is 31.9 Å². The van der Waals surface area contributed by atoms with Crippen LogP contribution < -0.4 is 10.2 Å². The smallest absolute Gasteiger partial charge is 0.408 e. The highest BCUT2D eigenvalue weighted by atomic mass is 16.4. The Kier molecular flexibility index (Phi) is 4.97. The van der Waals surface area contributed by atoms with Crippen molar-refractivity contribution in [2.24, 2.45) is 0 Å². The molecule has 0 aromatic carbocycles. The first-order chi connectivity index (χ1) is 13.1. The molecular weight excluding hydrogens is 364 g/mol. The third-order valence-electron chi connectivity index (χ3n) is 4.81. The predicted octanol–water partition coefficient (Wildman–Crippen LogP) is 1.36. The van der Waals surface area contributed by atoms with Crippen molar-refractivity contribution >= 4 is 30.1 Å². The van der Waals surface area contributed by atoms with Gasteiger partial charge in [0.05, 0.1) is 11.7 Å². The van der Waals surface area contributed by atoms with Gasteiger partial charge in [-0.05, 0) is 39.3 Å². The van der Waals surface area contributed by atoms with E-state index in [9.17, 15) is 19.5 Å². The van der Waals surface area contributed by atoms with Gasteiger partial charge in [0.25, 0.3) is 5.91 Å². The van der Waals surface area contributed by atoms with Crippen molar-refractivity contribution in [3.05, 3.63) is 23.7 Å². The molecule has 1 aromatic heterocycles. The average Bonchev–Trinajstić information content (AvgIpc) is 3.14. The first kappa shape index (κ1) is 19.6. The zero-order valence-electron chi connectivity index (χ0n) is 16.3. The Morgan fingerprint density at radius 3 is 2.68 bits per heavy atom. The van der Waals surface area contributed by atoms with Crippen molar-refractivity contribution in [1.29, 1.82) is 0 Å². The van der Waals surface area contributed by atoms with Gasteiger partial charge in [-0.15, -0.1) is 0 Å². The predicted molar refractivity (Wildman–Crippen MR) is 102 cm³/mol. The summed E-state index contributed by atoms with van der Waals surface area (Å²) in [5, 5.41) is 11.8. The maximum Gasteiger partial charge on any atom is 0.408 e. The van der Waals surface area contributed by atoms with E-state index in [4.69, 9.17) is 0 Å². The van der Waals surface area contributed by atoms with Crippen LogP contribution in [0.4, 0.5) is 15.5 Å². The van der Waals surface area contributed by atoms with Gasteiger partial charge in [-0.25, -0.2) is 19.6 Å². The Morgan fingerprint density at radius 2 is 2.11 bits per heavy atom. The minimum Gasteiger partial charge on any atom is -0.465 e. The number of aromatic nitrogens is 2. The van der Waals surface area contributed by atoms with Gasteiger partial charge < -0.3 is 10.0 Å². The van der Waals surface area contributed by atoms with Crippen LogP contribution in [0.1, 0.15) is 32.9 Å². The second-order valence-electron chi connectivity index (χ2n) is 7.84. The highest BCUT2D eigenvalue weighted by molar-refractivity contribution is 6.13. The van der Waals surface area contributed by atoms with Gasteiger partial charge in [0.1, 0.15) is 5.70 Å². The van der Waals surface area contributed by atoms with E-state index in [1.165, 1.54) is 22.9 Å². The van der Waals surface area contributed by atoms with Gasteiger partial charge in [-0.1, -0.05) is 0 Å². The second-order valence-corrected chi connectivity index (χ2v) is 7.84. The molecule has 2 saturated heterocycles. The quantitative estimate of drug-likeness (QED) is 0.593. The molecule has 2 N–H and O–H groups in total. The molecule has 0 aliphatic carbocycles. The lowest BCUT2D eigenvalue weighted by Gasteiger charge is -2.37. The van der Waals surface area contributed by atoms with E-state index in [2.05, 4.69) is 15.3 Å². The third kappa shape index (κ3) is 3.75. The lowest BCUT2D eigenvalue weighted by Crippen LogP contribution is -2.52. The van der Waals surface area contributed by atoms with E-state index in [0.717, 1.165) is 0 Å². The standard InChI is InChI=1S/C18H24N6O4/c1-18(2,3)24(17(27)28)12-6-8-23(10-12)15-19-7-5-11(20-15)9-13-14(25)21-16(26)22(13)4/h5,7,9,12H,6,8,10H2,1-4H3,(H,27,28)(H,21,25,26)/b13-9-. The number of nitrogens with zero attached hydrogens (tertiary/aromatic N) is 5. The topological polar surface area (TPSA) is 119 Å². The van der Waals surface area contributed by atoms with Crippen molar-refractivity contribution in [3.8, 4) is 0 Å². The van der Waals surface area contributed by atoms with Gasteiger partial charge in [-0.2, -0.15) is 0 Å². The van der Waals surface area contributed by atoms with Crippen LogP contribution in [0.5, 0.6) is 0 Å². The van der Waals surface area contributed by atoms with Gasteiger partial charge >= 0.3 is 12.1 Å². The summed E-state index contributed by atoms with van der Waals surface area (Å²) < 4.78 is 0. The molecule has 1 aromatic rings. The molecule has 4 amide bonds. The third-order valence-corrected chi connectivity index (χ3v) is 4.81. The van der Waals surface area contributed by atoms with E-state index < -0.39 is 23.6 Å². The Balaban J connectivity index is 1.79. The Labute approximate surface area is 162 Å². The van der Waals surface area contributed by atoms with Crippen LogP contribution in [0.3, 0.4) is 0 Å². The number of hydrogen-bond donors (Lipinski definition) is 2. The molecular formula is C18H24N6O4. The lowest BCUT2D eigenvalue weighted by atomic mass is 10.0. The van der Waals surface area contributed by atoms with Crippen LogP contribution in [0.2, 0.25) is 0 Å². The molecule has 1 atom stereocenters. The molecule has 1 unspecified atom stereocenters. The molecule has 2 aliphatic rings. The zero-order chi connectivity index (χ0) is 20.6. The molecule has 0 bridgehead atoms. The molecule has 3 heterocycles. The van der Waals surface area contributed by atoms with Gasteiger partial charge in [0.15, 0.2) is 0 Å². The number of nitrogens with one attached hydrogen (secondary N) is 1. The fourth-order valence-corrected chi connectivity index (χ4v) is 3.53. The van der Waals surface area contributed by atoms with Crippen LogP contribution in [0.15, 0.2) is 18.0 Å². The summed E-state index contributed by atoms with van der Waals surface area (Å²) in [6.07, 6.45) is 2.84. The first-order valence-corrected chi connectivity index (χ1v) is 8.99. The Hall–Kier alpha value is -3.17. The lowest BCUT2D eigenvalue weighted by molar-refractivity contribution is -0.115. The Morgan fingerprint density at radius 1 is 1.39 bits per heavy atom. The molecule has 2 fully saturated rings. The number of carboxylic acid groups (broad SMARTS) is 1. The summed E-state index contributed by atoms with van der Waals surface area (Å²) in [5.41, 5.74) is 0.192. The maximum absolute atomic E-state index is 11.9. The Bertz CT molecular complexity index is 847. The van der Waals surface area contributed by atoms with Crippen LogP contribution in [0.25, 0.3) is 6.08 Å². The van der Waals surface area contributed by atoms with Crippen molar-refractivity contribution < 1.29 is 19.5 Å². The van der Waals surface area contributed by atoms with Gasteiger partial charge in [-0.3, -0.25) is 19.9 Å². The molecule has 28 heavy (non-hydrogen) atoms. The van der Waals surface area contributed by atoms with E-state index in [0.29, 0.717) is 31.2 Å². The van der Waals surface area contributed by atoms with Crippen LogP contribution in [-0.2, 0) is 4.79 Å². The van der Waals surface area contributed by atoms with E-state index in [1.54, 1.807) is 12.3 Å². The highest BCUT2D eigenvalue weighted by Gasteiger charge is 2.38. The molecule has 150 valence electrons. The number of carbonyl (C=O) groups excluding carboxylic acids is 2. The minimum atomic E-state index is -0.946. The van der Waals surface area contributed by atoms with E-state index in [1.807, 2.05) is 25.7 Å². The van der Waals surface area contributed by atoms with E-state index in [-0.39, 0.29) is 11.7 Å². The molecule has 10 heteroatoms. The largest absolute Gasteiger partial charge is 0.465 e. The van der Waals surface area contributed by atoms with E-state index >= 15 is 0 Å². The summed E-state index contributed by atoms with van der Waals surface area (Å²) in [6.45, 7) is 6.73. The number of rotatable bonds is 3. The van der Waals surface area contributed by atoms with Crippen molar-refractivity contribution in [2.75, 3.05) is 25.0 Å². The maximum atomic E-state index is 11.9. The number of urea groups is 1. The zero-order valence-corrected chi connectivity index (χ0v) is 16.3. The average molecular weight is 388 g/mol. The number of likely N-dealkylation sites (N-methyl/N-ethyl adjacent to an activating group) is 1. The second kappa shape index (κ2) is 7.10. The highest BCUT2D eigenvalue weighted by Crippen LogP contribution is 2.26. The summed E-state index contributed by atoms with van der Waals surface area (Å²) >= 11 is 0. The van der Waals surface area contributed by atoms with Crippen molar-refractivity contribution in [2.45, 2.75) is 38.8 Å². The number of hydrogen-bond acceptors (Lipinski definition) is 6. The monoisotopic (exact) mass is 388 g/mol. The summed E-state index contributed by atoms with van der Waals surface area (Å²) in [7, 11) is 1.51. The number of amides is 4. The summed E-state index contributed by atoms with van der Waals surface area (Å²) in [5.74, 6) is -0.0142. The fourth-order valence-electron chi connectivity index (χ4n) is 3.53. The normalized spacial score (nSPS) is 21.4. The summed E-state index contributed by atoms with van der Waals surface area (Å²) in [4.78, 5) is 48.5. The van der Waals surface area contributed by atoms with Crippen LogP contribution >= 0.6 is 0 Å². The summed E-state index contributed by atoms with van der Waals surface area (Å²) in [6, 6.07) is 1.00. The molecule has 0 radical (unpaired) electrons. The number of anilines is 1. The first-order valence-electron chi connectivity index (χ1n) is 8.99. The fraction of sp³-hybridized carbons (Fsp3) is 0.500. The molecule has 0 saturated carbocycles.